The third-order valence-corrected chi connectivity index (χ3v) is 2.96. The maximum absolute atomic E-state index is 13.3. The van der Waals surface area contributed by atoms with E-state index in [2.05, 4.69) is 9.47 Å². The lowest BCUT2D eigenvalue weighted by Crippen LogP contribution is -2.65. The van der Waals surface area contributed by atoms with Gasteiger partial charge in [0, 0.05) is 0 Å². The lowest BCUT2D eigenvalue weighted by molar-refractivity contribution is -0.214. The lowest BCUT2D eigenvalue weighted by Gasteiger charge is -2.31. The van der Waals surface area contributed by atoms with Crippen molar-refractivity contribution in [3.05, 3.63) is 35.9 Å². The highest BCUT2D eigenvalue weighted by Crippen LogP contribution is 2.34. The molecule has 0 aromatic heterocycles. The van der Waals surface area contributed by atoms with Crippen LogP contribution >= 0.6 is 0 Å². The molecule has 0 aliphatic rings. The van der Waals surface area contributed by atoms with Crippen molar-refractivity contribution < 1.29 is 42.1 Å². The van der Waals surface area contributed by atoms with Crippen LogP contribution in [0.1, 0.15) is 12.0 Å². The standard InChI is InChI=1S/C14H14F3NO6/c1-23-11(21)13(7-10(19)20,14(15,16)17)18-12(22)24-8-9-5-3-2-4-6-9/h2-6H,7-8H2,1H3,(H,18,22)(H,19,20)/t13-/m0/s1. The predicted molar refractivity (Wildman–Crippen MR) is 72.8 cm³/mol. The van der Waals surface area contributed by atoms with E-state index in [-0.39, 0.29) is 6.61 Å². The van der Waals surface area contributed by atoms with Gasteiger partial charge in [0.25, 0.3) is 0 Å². The molecule has 7 nitrogen and oxygen atoms in total. The van der Waals surface area contributed by atoms with Gasteiger partial charge in [-0.1, -0.05) is 30.3 Å². The average Bonchev–Trinajstić information content (AvgIpc) is 2.50. The van der Waals surface area contributed by atoms with Crippen molar-refractivity contribution in [3.63, 3.8) is 0 Å². The summed E-state index contributed by atoms with van der Waals surface area (Å²) in [7, 11) is 0.641. The number of esters is 1. The second kappa shape index (κ2) is 7.66. The van der Waals surface area contributed by atoms with Gasteiger partial charge < -0.3 is 14.6 Å². The Hall–Kier alpha value is -2.78. The molecular weight excluding hydrogens is 335 g/mol. The molecule has 24 heavy (non-hydrogen) atoms. The molecule has 0 bridgehead atoms. The summed E-state index contributed by atoms with van der Waals surface area (Å²) in [6.07, 6.45) is -8.77. The van der Waals surface area contributed by atoms with E-state index in [1.807, 2.05) is 0 Å². The molecule has 0 radical (unpaired) electrons. The molecule has 1 amide bonds. The number of ether oxygens (including phenoxy) is 2. The topological polar surface area (TPSA) is 102 Å². The van der Waals surface area contributed by atoms with Crippen LogP contribution in [0.3, 0.4) is 0 Å². The maximum Gasteiger partial charge on any atom is 0.423 e. The van der Waals surface area contributed by atoms with Crippen LogP contribution in [0.2, 0.25) is 0 Å². The Kier molecular flexibility index (Phi) is 6.15. The van der Waals surface area contributed by atoms with Gasteiger partial charge in [-0.05, 0) is 5.56 Å². The average molecular weight is 349 g/mol. The Morgan fingerprint density at radius 1 is 1.17 bits per heavy atom. The fourth-order valence-corrected chi connectivity index (χ4v) is 1.79. The predicted octanol–water partition coefficient (Wildman–Crippen LogP) is 1.86. The molecule has 0 aliphatic heterocycles. The maximum atomic E-state index is 13.3. The van der Waals surface area contributed by atoms with Crippen LogP contribution < -0.4 is 5.32 Å². The van der Waals surface area contributed by atoms with E-state index in [0.29, 0.717) is 12.7 Å². The largest absolute Gasteiger partial charge is 0.481 e. The van der Waals surface area contributed by atoms with E-state index >= 15 is 0 Å². The first-order valence-electron chi connectivity index (χ1n) is 6.48. The number of benzene rings is 1. The molecule has 0 saturated carbocycles. The molecule has 0 unspecified atom stereocenters. The van der Waals surface area contributed by atoms with Gasteiger partial charge in [0.1, 0.15) is 6.61 Å². The molecule has 1 rings (SSSR count). The fraction of sp³-hybridized carbons (Fsp3) is 0.357. The van der Waals surface area contributed by atoms with Crippen LogP contribution in [0.4, 0.5) is 18.0 Å². The minimum Gasteiger partial charge on any atom is -0.481 e. The second-order valence-electron chi connectivity index (χ2n) is 4.65. The van der Waals surface area contributed by atoms with Crippen LogP contribution in [0.5, 0.6) is 0 Å². The van der Waals surface area contributed by atoms with Crippen molar-refractivity contribution in [1.82, 2.24) is 5.32 Å². The number of methoxy groups -OCH3 is 1. The van der Waals surface area contributed by atoms with Crippen molar-refractivity contribution in [2.45, 2.75) is 24.7 Å². The molecule has 0 heterocycles. The summed E-state index contributed by atoms with van der Waals surface area (Å²) in [5.41, 5.74) is -3.26. The number of rotatable bonds is 6. The lowest BCUT2D eigenvalue weighted by atomic mass is 9.94. The van der Waals surface area contributed by atoms with E-state index in [4.69, 9.17) is 5.11 Å². The zero-order valence-corrected chi connectivity index (χ0v) is 12.4. The number of halogens is 3. The highest BCUT2D eigenvalue weighted by Gasteiger charge is 2.64. The summed E-state index contributed by atoms with van der Waals surface area (Å²) in [6, 6.07) is 8.04. The molecule has 1 aromatic carbocycles. The van der Waals surface area contributed by atoms with Crippen molar-refractivity contribution in [3.8, 4) is 0 Å². The van der Waals surface area contributed by atoms with Gasteiger partial charge >= 0.3 is 24.2 Å². The molecule has 10 heteroatoms. The van der Waals surface area contributed by atoms with Gasteiger partial charge in [0.05, 0.1) is 13.5 Å². The zero-order valence-electron chi connectivity index (χ0n) is 12.4. The van der Waals surface area contributed by atoms with Crippen molar-refractivity contribution in [2.24, 2.45) is 0 Å². The summed E-state index contributed by atoms with van der Waals surface area (Å²) in [6.45, 7) is -0.366. The smallest absolute Gasteiger partial charge is 0.423 e. The zero-order chi connectivity index (χ0) is 18.4. The molecule has 0 spiro atoms. The van der Waals surface area contributed by atoms with Crippen LogP contribution in [0, 0.1) is 0 Å². The van der Waals surface area contributed by atoms with E-state index in [1.165, 1.54) is 5.32 Å². The number of carbonyl (C=O) groups is 3. The highest BCUT2D eigenvalue weighted by atomic mass is 19.4. The monoisotopic (exact) mass is 349 g/mol. The molecular formula is C14H14F3NO6. The molecule has 1 aromatic rings. The molecule has 0 saturated heterocycles. The SMILES string of the molecule is COC(=O)[C@](CC(=O)O)(NC(=O)OCc1ccccc1)C(F)(F)F. The summed E-state index contributed by atoms with van der Waals surface area (Å²) >= 11 is 0. The number of carboxylic acids is 1. The highest BCUT2D eigenvalue weighted by molar-refractivity contribution is 5.91. The number of amides is 1. The number of carbonyl (C=O) groups excluding carboxylic acids is 2. The van der Waals surface area contributed by atoms with Gasteiger partial charge in [-0.25, -0.2) is 9.59 Å². The van der Waals surface area contributed by atoms with Crippen molar-refractivity contribution in [1.29, 1.82) is 0 Å². The summed E-state index contributed by atoms with van der Waals surface area (Å²) in [5.74, 6) is -3.92. The molecule has 132 valence electrons. The Morgan fingerprint density at radius 2 is 1.75 bits per heavy atom. The van der Waals surface area contributed by atoms with Crippen LogP contribution in [0.15, 0.2) is 30.3 Å². The van der Waals surface area contributed by atoms with Crippen LogP contribution in [-0.2, 0) is 25.7 Å². The van der Waals surface area contributed by atoms with Crippen LogP contribution in [0.25, 0.3) is 0 Å². The Morgan fingerprint density at radius 3 is 2.21 bits per heavy atom. The van der Waals surface area contributed by atoms with Gasteiger partial charge in [-0.3, -0.25) is 10.1 Å². The molecule has 2 N–H and O–H groups in total. The van der Waals surface area contributed by atoms with Crippen LogP contribution in [-0.4, -0.2) is 42.0 Å². The third-order valence-electron chi connectivity index (χ3n) is 2.96. The van der Waals surface area contributed by atoms with Crippen molar-refractivity contribution >= 4 is 18.0 Å². The first-order chi connectivity index (χ1) is 11.1. The summed E-state index contributed by atoms with van der Waals surface area (Å²) in [4.78, 5) is 33.9. The molecule has 1 atom stereocenters. The Balaban J connectivity index is 2.96. The molecule has 0 aliphatic carbocycles. The number of aliphatic carboxylic acids is 1. The van der Waals surface area contributed by atoms with Gasteiger partial charge in [-0.15, -0.1) is 0 Å². The first-order valence-corrected chi connectivity index (χ1v) is 6.48. The third kappa shape index (κ3) is 4.61. The quantitative estimate of drug-likeness (QED) is 0.760. The number of hydrogen-bond acceptors (Lipinski definition) is 5. The summed E-state index contributed by atoms with van der Waals surface area (Å²) in [5, 5.41) is 9.96. The Bertz CT molecular complexity index is 604. The minimum atomic E-state index is -5.41. The minimum absolute atomic E-state index is 0.366. The number of nitrogens with one attached hydrogen (secondary N) is 1. The first kappa shape index (κ1) is 19.3. The Labute approximate surface area is 134 Å². The van der Waals surface area contributed by atoms with E-state index in [9.17, 15) is 27.6 Å². The van der Waals surface area contributed by atoms with E-state index in [1.54, 1.807) is 30.3 Å². The van der Waals surface area contributed by atoms with Crippen molar-refractivity contribution in [2.75, 3.05) is 7.11 Å². The number of hydrogen-bond donors (Lipinski definition) is 2. The number of carboxylic acid groups (broad SMARTS) is 1. The van der Waals surface area contributed by atoms with Gasteiger partial charge in [0.2, 0.25) is 5.54 Å². The fourth-order valence-electron chi connectivity index (χ4n) is 1.79. The van der Waals surface area contributed by atoms with E-state index in [0.717, 1.165) is 0 Å². The number of alkyl carbamates (subject to hydrolysis) is 1. The molecule has 0 fully saturated rings. The van der Waals surface area contributed by atoms with Gasteiger partial charge in [0.15, 0.2) is 0 Å². The normalized spacial score (nSPS) is 13.5. The second-order valence-corrected chi connectivity index (χ2v) is 4.65. The number of alkyl halides is 3. The summed E-state index contributed by atoms with van der Waals surface area (Å²) < 4.78 is 48.4. The van der Waals surface area contributed by atoms with E-state index < -0.39 is 36.2 Å². The van der Waals surface area contributed by atoms with Gasteiger partial charge in [-0.2, -0.15) is 13.2 Å².